The first kappa shape index (κ1) is 13.4. The summed E-state index contributed by atoms with van der Waals surface area (Å²) in [5.74, 6) is -1.08. The number of halogens is 1. The number of carbonyl (C=O) groups is 2. The minimum absolute atomic E-state index is 0.107. The molecule has 0 saturated heterocycles. The van der Waals surface area contributed by atoms with Crippen LogP contribution < -0.4 is 0 Å². The van der Waals surface area contributed by atoms with E-state index in [1.54, 1.807) is 48.0 Å². The second-order valence-electron chi connectivity index (χ2n) is 4.18. The van der Waals surface area contributed by atoms with Gasteiger partial charge in [0.1, 0.15) is 0 Å². The maximum Gasteiger partial charge on any atom is 0.309 e. The van der Waals surface area contributed by atoms with Crippen molar-refractivity contribution in [2.45, 2.75) is 6.42 Å². The fourth-order valence-electron chi connectivity index (χ4n) is 1.86. The monoisotopic (exact) mass is 277 g/mol. The summed E-state index contributed by atoms with van der Waals surface area (Å²) < 4.78 is 1.60. The molecular weight excluding hydrogens is 266 g/mol. The maximum atomic E-state index is 12.3. The number of aliphatic carboxylic acids is 1. The highest BCUT2D eigenvalue weighted by molar-refractivity contribution is 6.30. The first-order chi connectivity index (χ1) is 8.99. The fraction of sp³-hybridized carbons (Fsp3) is 0.143. The Labute approximate surface area is 115 Å². The van der Waals surface area contributed by atoms with Gasteiger partial charge in [0.2, 0.25) is 5.78 Å². The van der Waals surface area contributed by atoms with Crippen LogP contribution in [0.2, 0.25) is 5.02 Å². The van der Waals surface area contributed by atoms with Gasteiger partial charge in [0.15, 0.2) is 0 Å². The van der Waals surface area contributed by atoms with Crippen LogP contribution in [-0.2, 0) is 18.3 Å². The maximum absolute atomic E-state index is 12.3. The van der Waals surface area contributed by atoms with Gasteiger partial charge in [-0.1, -0.05) is 11.6 Å². The van der Waals surface area contributed by atoms with Gasteiger partial charge < -0.3 is 9.67 Å². The van der Waals surface area contributed by atoms with Crippen molar-refractivity contribution in [3.05, 3.63) is 58.4 Å². The molecule has 0 atom stereocenters. The zero-order valence-electron chi connectivity index (χ0n) is 10.3. The molecule has 0 saturated carbocycles. The number of carbonyl (C=O) groups excluding carboxylic acids is 1. The van der Waals surface area contributed by atoms with Crippen LogP contribution in [0.25, 0.3) is 0 Å². The van der Waals surface area contributed by atoms with Crippen LogP contribution >= 0.6 is 11.6 Å². The van der Waals surface area contributed by atoms with E-state index >= 15 is 0 Å². The Morgan fingerprint density at radius 1 is 1.16 bits per heavy atom. The van der Waals surface area contributed by atoms with Crippen LogP contribution in [0, 0.1) is 0 Å². The van der Waals surface area contributed by atoms with Crippen molar-refractivity contribution in [2.75, 3.05) is 0 Å². The van der Waals surface area contributed by atoms with Crippen molar-refractivity contribution in [3.63, 3.8) is 0 Å². The van der Waals surface area contributed by atoms with E-state index in [-0.39, 0.29) is 12.2 Å². The van der Waals surface area contributed by atoms with Gasteiger partial charge in [-0.3, -0.25) is 9.59 Å². The van der Waals surface area contributed by atoms with E-state index in [1.165, 1.54) is 0 Å². The summed E-state index contributed by atoms with van der Waals surface area (Å²) in [6.45, 7) is 0. The Kier molecular flexibility index (Phi) is 3.71. The smallest absolute Gasteiger partial charge is 0.309 e. The second kappa shape index (κ2) is 5.28. The number of aromatic nitrogens is 1. The molecule has 2 rings (SSSR count). The second-order valence-corrected chi connectivity index (χ2v) is 4.61. The average Bonchev–Trinajstić information content (AvgIpc) is 2.70. The van der Waals surface area contributed by atoms with Gasteiger partial charge in [0.05, 0.1) is 12.1 Å². The number of ketones is 1. The van der Waals surface area contributed by atoms with Crippen LogP contribution in [0.15, 0.2) is 36.4 Å². The molecule has 5 heteroatoms. The lowest BCUT2D eigenvalue weighted by molar-refractivity contribution is -0.136. The number of carboxylic acid groups (broad SMARTS) is 1. The summed E-state index contributed by atoms with van der Waals surface area (Å²) in [7, 11) is 1.68. The van der Waals surface area contributed by atoms with Crippen molar-refractivity contribution in [2.24, 2.45) is 7.05 Å². The predicted octanol–water partition coefficient (Wildman–Crippen LogP) is 2.54. The summed E-state index contributed by atoms with van der Waals surface area (Å²) in [5, 5.41) is 9.34. The Morgan fingerprint density at radius 2 is 1.79 bits per heavy atom. The molecule has 0 radical (unpaired) electrons. The molecule has 2 aromatic rings. The number of rotatable bonds is 4. The molecular formula is C14H12ClNO3. The lowest BCUT2D eigenvalue weighted by Crippen LogP contribution is -2.11. The Balaban J connectivity index is 2.32. The molecule has 19 heavy (non-hydrogen) atoms. The SMILES string of the molecule is Cn1c(CC(=O)O)ccc1C(=O)c1ccc(Cl)cc1. The van der Waals surface area contributed by atoms with Crippen molar-refractivity contribution < 1.29 is 14.7 Å². The van der Waals surface area contributed by atoms with Gasteiger partial charge in [0, 0.05) is 23.3 Å². The van der Waals surface area contributed by atoms with Gasteiger partial charge in [-0.25, -0.2) is 0 Å². The molecule has 1 heterocycles. The average molecular weight is 278 g/mol. The molecule has 0 unspecified atom stereocenters. The highest BCUT2D eigenvalue weighted by Crippen LogP contribution is 2.16. The summed E-state index contributed by atoms with van der Waals surface area (Å²) in [5.41, 5.74) is 1.57. The fourth-order valence-corrected chi connectivity index (χ4v) is 1.99. The highest BCUT2D eigenvalue weighted by atomic mass is 35.5. The van der Waals surface area contributed by atoms with E-state index in [4.69, 9.17) is 16.7 Å². The van der Waals surface area contributed by atoms with Gasteiger partial charge in [-0.15, -0.1) is 0 Å². The van der Waals surface area contributed by atoms with Crippen LogP contribution in [0.1, 0.15) is 21.7 Å². The molecule has 0 aliphatic heterocycles. The Bertz CT molecular complexity index is 629. The Hall–Kier alpha value is -2.07. The molecule has 0 fully saturated rings. The zero-order valence-corrected chi connectivity index (χ0v) is 11.0. The lowest BCUT2D eigenvalue weighted by atomic mass is 10.1. The van der Waals surface area contributed by atoms with Gasteiger partial charge in [-0.2, -0.15) is 0 Å². The highest BCUT2D eigenvalue weighted by Gasteiger charge is 2.15. The minimum atomic E-state index is -0.924. The molecule has 1 N–H and O–H groups in total. The van der Waals surface area contributed by atoms with Crippen molar-refractivity contribution >= 4 is 23.4 Å². The first-order valence-electron chi connectivity index (χ1n) is 5.65. The number of carboxylic acids is 1. The molecule has 0 amide bonds. The van der Waals surface area contributed by atoms with Crippen LogP contribution in [0.4, 0.5) is 0 Å². The van der Waals surface area contributed by atoms with Gasteiger partial charge >= 0.3 is 5.97 Å². The molecule has 0 spiro atoms. The van der Waals surface area contributed by atoms with Crippen molar-refractivity contribution in [1.82, 2.24) is 4.57 Å². The largest absolute Gasteiger partial charge is 0.481 e. The normalized spacial score (nSPS) is 10.4. The first-order valence-corrected chi connectivity index (χ1v) is 6.03. The molecule has 4 nitrogen and oxygen atoms in total. The molecule has 98 valence electrons. The summed E-state index contributed by atoms with van der Waals surface area (Å²) >= 11 is 5.77. The molecule has 0 bridgehead atoms. The minimum Gasteiger partial charge on any atom is -0.481 e. The molecule has 1 aromatic heterocycles. The number of benzene rings is 1. The van der Waals surface area contributed by atoms with E-state index in [0.29, 0.717) is 22.0 Å². The molecule has 0 aliphatic rings. The third-order valence-corrected chi connectivity index (χ3v) is 3.15. The van der Waals surface area contributed by atoms with E-state index < -0.39 is 5.97 Å². The van der Waals surface area contributed by atoms with Gasteiger partial charge in [-0.05, 0) is 36.4 Å². The Morgan fingerprint density at radius 3 is 2.37 bits per heavy atom. The predicted molar refractivity (Wildman–Crippen MR) is 71.6 cm³/mol. The number of hydrogen-bond acceptors (Lipinski definition) is 2. The zero-order chi connectivity index (χ0) is 14.0. The van der Waals surface area contributed by atoms with Crippen molar-refractivity contribution in [3.8, 4) is 0 Å². The van der Waals surface area contributed by atoms with E-state index in [1.807, 2.05) is 0 Å². The van der Waals surface area contributed by atoms with Crippen LogP contribution in [0.5, 0.6) is 0 Å². The van der Waals surface area contributed by atoms with Crippen molar-refractivity contribution in [1.29, 1.82) is 0 Å². The van der Waals surface area contributed by atoms with Crippen LogP contribution in [-0.4, -0.2) is 21.4 Å². The topological polar surface area (TPSA) is 59.3 Å². The van der Waals surface area contributed by atoms with Gasteiger partial charge in [0.25, 0.3) is 0 Å². The van der Waals surface area contributed by atoms with E-state index in [2.05, 4.69) is 0 Å². The summed E-state index contributed by atoms with van der Waals surface area (Å²) in [6, 6.07) is 9.88. The lowest BCUT2D eigenvalue weighted by Gasteiger charge is -2.06. The number of nitrogens with zero attached hydrogens (tertiary/aromatic N) is 1. The quantitative estimate of drug-likeness (QED) is 0.874. The van der Waals surface area contributed by atoms with E-state index in [0.717, 1.165) is 0 Å². The summed E-state index contributed by atoms with van der Waals surface area (Å²) in [6.07, 6.45) is -0.107. The molecule has 0 aliphatic carbocycles. The van der Waals surface area contributed by atoms with Crippen LogP contribution in [0.3, 0.4) is 0 Å². The third-order valence-electron chi connectivity index (χ3n) is 2.90. The third kappa shape index (κ3) is 2.85. The standard InChI is InChI=1S/C14H12ClNO3/c1-16-11(8-13(17)18)6-7-12(16)14(19)9-2-4-10(15)5-3-9/h2-7H,8H2,1H3,(H,17,18). The summed E-state index contributed by atoms with van der Waals surface area (Å²) in [4.78, 5) is 23.0. The number of hydrogen-bond donors (Lipinski definition) is 1. The van der Waals surface area contributed by atoms with E-state index in [9.17, 15) is 9.59 Å². The molecule has 1 aromatic carbocycles.